The van der Waals surface area contributed by atoms with Crippen LogP contribution < -0.4 is 4.74 Å². The number of benzene rings is 2. The standard InChI is InChI=1S/C25H22ClNO5/c1-3-31-20-11-10-17(13-19(20)26)23(28)21-22(16-8-6-15(2)7-9-16)27(25(30)24(21)29)14-18-5-4-12-32-18/h4-13,22,28H,3,14H2,1-2H3/t22-/m0/s1. The van der Waals surface area contributed by atoms with Gasteiger partial charge in [-0.05, 0) is 49.7 Å². The Morgan fingerprint density at radius 3 is 2.53 bits per heavy atom. The van der Waals surface area contributed by atoms with E-state index in [9.17, 15) is 14.7 Å². The Morgan fingerprint density at radius 2 is 1.91 bits per heavy atom. The van der Waals surface area contributed by atoms with Crippen molar-refractivity contribution < 1.29 is 23.8 Å². The van der Waals surface area contributed by atoms with Gasteiger partial charge in [0.1, 0.15) is 17.3 Å². The second-order valence-corrected chi connectivity index (χ2v) is 7.90. The van der Waals surface area contributed by atoms with Crippen LogP contribution in [0, 0.1) is 6.92 Å². The molecule has 1 fully saturated rings. The smallest absolute Gasteiger partial charge is 0.296 e. The van der Waals surface area contributed by atoms with E-state index in [1.54, 1.807) is 24.3 Å². The van der Waals surface area contributed by atoms with Gasteiger partial charge in [-0.2, -0.15) is 0 Å². The van der Waals surface area contributed by atoms with Gasteiger partial charge in [-0.25, -0.2) is 0 Å². The van der Waals surface area contributed by atoms with Gasteiger partial charge in [0.25, 0.3) is 11.7 Å². The Bertz CT molecular complexity index is 1180. The minimum absolute atomic E-state index is 0.00522. The summed E-state index contributed by atoms with van der Waals surface area (Å²) in [5.41, 5.74) is 2.08. The second-order valence-electron chi connectivity index (χ2n) is 7.50. The second kappa shape index (κ2) is 8.93. The van der Waals surface area contributed by atoms with Crippen molar-refractivity contribution in [1.82, 2.24) is 4.90 Å². The maximum atomic E-state index is 13.1. The number of ketones is 1. The summed E-state index contributed by atoms with van der Waals surface area (Å²) in [5, 5.41) is 11.4. The van der Waals surface area contributed by atoms with Gasteiger partial charge in [0.2, 0.25) is 0 Å². The average molecular weight is 452 g/mol. The van der Waals surface area contributed by atoms with Gasteiger partial charge in [0, 0.05) is 5.56 Å². The molecular weight excluding hydrogens is 430 g/mol. The number of rotatable bonds is 6. The van der Waals surface area contributed by atoms with E-state index in [4.69, 9.17) is 20.8 Å². The highest BCUT2D eigenvalue weighted by Gasteiger charge is 2.46. The lowest BCUT2D eigenvalue weighted by Crippen LogP contribution is -2.29. The maximum absolute atomic E-state index is 13.1. The molecule has 2 aromatic carbocycles. The molecule has 1 aliphatic heterocycles. The highest BCUT2D eigenvalue weighted by atomic mass is 35.5. The van der Waals surface area contributed by atoms with E-state index in [0.717, 1.165) is 5.56 Å². The fraction of sp³-hybridized carbons (Fsp3) is 0.200. The van der Waals surface area contributed by atoms with Gasteiger partial charge >= 0.3 is 0 Å². The summed E-state index contributed by atoms with van der Waals surface area (Å²) in [6, 6.07) is 14.9. The van der Waals surface area contributed by atoms with E-state index < -0.39 is 17.7 Å². The third kappa shape index (κ3) is 4.01. The maximum Gasteiger partial charge on any atom is 0.296 e. The van der Waals surface area contributed by atoms with Gasteiger partial charge in [-0.1, -0.05) is 41.4 Å². The number of aliphatic hydroxyl groups excluding tert-OH is 1. The number of hydrogen-bond donors (Lipinski definition) is 1. The van der Waals surface area contributed by atoms with Gasteiger partial charge in [-0.3, -0.25) is 9.59 Å². The molecule has 7 heteroatoms. The average Bonchev–Trinajstić information content (AvgIpc) is 3.38. The molecule has 1 amide bonds. The van der Waals surface area contributed by atoms with E-state index >= 15 is 0 Å². The highest BCUT2D eigenvalue weighted by molar-refractivity contribution is 6.46. The van der Waals surface area contributed by atoms with Crippen LogP contribution in [-0.2, 0) is 16.1 Å². The molecule has 2 heterocycles. The molecule has 0 spiro atoms. The van der Waals surface area contributed by atoms with E-state index in [1.807, 2.05) is 38.1 Å². The molecule has 1 aliphatic rings. The summed E-state index contributed by atoms with van der Waals surface area (Å²) >= 11 is 6.28. The molecule has 0 unspecified atom stereocenters. The lowest BCUT2D eigenvalue weighted by molar-refractivity contribution is -0.140. The number of carbonyl (C=O) groups excluding carboxylic acids is 2. The lowest BCUT2D eigenvalue weighted by atomic mass is 9.94. The van der Waals surface area contributed by atoms with Crippen molar-refractivity contribution in [3.05, 3.63) is 93.9 Å². The third-order valence-electron chi connectivity index (χ3n) is 5.34. The number of aliphatic hydroxyl groups is 1. The van der Waals surface area contributed by atoms with Gasteiger partial charge in [-0.15, -0.1) is 0 Å². The van der Waals surface area contributed by atoms with E-state index in [-0.39, 0.29) is 17.9 Å². The Balaban J connectivity index is 1.84. The first-order valence-corrected chi connectivity index (χ1v) is 10.6. The normalized spacial score (nSPS) is 17.7. The van der Waals surface area contributed by atoms with Crippen LogP contribution in [0.2, 0.25) is 5.02 Å². The summed E-state index contributed by atoms with van der Waals surface area (Å²) in [6.45, 7) is 4.32. The molecule has 6 nitrogen and oxygen atoms in total. The van der Waals surface area contributed by atoms with Crippen LogP contribution >= 0.6 is 11.6 Å². The monoisotopic (exact) mass is 451 g/mol. The van der Waals surface area contributed by atoms with Crippen molar-refractivity contribution in [2.45, 2.75) is 26.4 Å². The van der Waals surface area contributed by atoms with Crippen LogP contribution in [0.25, 0.3) is 5.76 Å². The van der Waals surface area contributed by atoms with Crippen LogP contribution in [-0.4, -0.2) is 28.3 Å². The Hall–Kier alpha value is -3.51. The first kappa shape index (κ1) is 21.7. The van der Waals surface area contributed by atoms with Gasteiger partial charge in [0.15, 0.2) is 0 Å². The van der Waals surface area contributed by atoms with Crippen LogP contribution in [0.3, 0.4) is 0 Å². The fourth-order valence-corrected chi connectivity index (χ4v) is 4.02. The Kier molecular flexibility index (Phi) is 6.06. The molecule has 32 heavy (non-hydrogen) atoms. The topological polar surface area (TPSA) is 80.0 Å². The first-order chi connectivity index (χ1) is 15.4. The summed E-state index contributed by atoms with van der Waals surface area (Å²) in [6.07, 6.45) is 1.51. The molecule has 0 bridgehead atoms. The summed E-state index contributed by atoms with van der Waals surface area (Å²) < 4.78 is 10.8. The van der Waals surface area contributed by atoms with Crippen molar-refractivity contribution in [2.75, 3.05) is 6.61 Å². The summed E-state index contributed by atoms with van der Waals surface area (Å²) in [4.78, 5) is 27.5. The zero-order chi connectivity index (χ0) is 22.8. The molecule has 3 aromatic rings. The Morgan fingerprint density at radius 1 is 1.16 bits per heavy atom. The highest BCUT2D eigenvalue weighted by Crippen LogP contribution is 2.41. The number of halogens is 1. The van der Waals surface area contributed by atoms with Crippen molar-refractivity contribution in [3.8, 4) is 5.75 Å². The fourth-order valence-electron chi connectivity index (χ4n) is 3.79. The van der Waals surface area contributed by atoms with Gasteiger partial charge in [0.05, 0.1) is 36.1 Å². The van der Waals surface area contributed by atoms with Gasteiger partial charge < -0.3 is 19.2 Å². The number of carbonyl (C=O) groups is 2. The number of Topliss-reactive ketones (excluding diaryl/α,β-unsaturated/α-hetero) is 1. The molecule has 4 rings (SSSR count). The number of amides is 1. The third-order valence-corrected chi connectivity index (χ3v) is 5.64. The molecular formula is C25H22ClNO5. The zero-order valence-electron chi connectivity index (χ0n) is 17.7. The first-order valence-electron chi connectivity index (χ1n) is 10.2. The number of furan rings is 1. The molecule has 1 atom stereocenters. The van der Waals surface area contributed by atoms with Crippen molar-refractivity contribution in [1.29, 1.82) is 0 Å². The predicted octanol–water partition coefficient (Wildman–Crippen LogP) is 5.26. The number of ether oxygens (including phenoxy) is 1. The van der Waals surface area contributed by atoms with Crippen LogP contribution in [0.15, 0.2) is 70.9 Å². The van der Waals surface area contributed by atoms with Crippen LogP contribution in [0.4, 0.5) is 0 Å². The quantitative estimate of drug-likeness (QED) is 0.314. The molecule has 1 N–H and O–H groups in total. The minimum Gasteiger partial charge on any atom is -0.507 e. The number of hydrogen-bond acceptors (Lipinski definition) is 5. The number of likely N-dealkylation sites (tertiary alicyclic amines) is 1. The van der Waals surface area contributed by atoms with Crippen LogP contribution in [0.5, 0.6) is 5.75 Å². The molecule has 0 saturated carbocycles. The Labute approximate surface area is 190 Å². The number of nitrogens with zero attached hydrogens (tertiary/aromatic N) is 1. The molecule has 164 valence electrons. The largest absolute Gasteiger partial charge is 0.507 e. The lowest BCUT2D eigenvalue weighted by Gasteiger charge is -2.24. The molecule has 0 aliphatic carbocycles. The van der Waals surface area contributed by atoms with Crippen molar-refractivity contribution in [3.63, 3.8) is 0 Å². The zero-order valence-corrected chi connectivity index (χ0v) is 18.4. The van der Waals surface area contributed by atoms with Crippen molar-refractivity contribution in [2.24, 2.45) is 0 Å². The molecule has 1 saturated heterocycles. The van der Waals surface area contributed by atoms with E-state index in [1.165, 1.54) is 17.2 Å². The number of aryl methyl sites for hydroxylation is 1. The summed E-state index contributed by atoms with van der Waals surface area (Å²) in [7, 11) is 0. The minimum atomic E-state index is -0.772. The van der Waals surface area contributed by atoms with E-state index in [2.05, 4.69) is 0 Å². The van der Waals surface area contributed by atoms with Crippen LogP contribution in [0.1, 0.15) is 35.4 Å². The van der Waals surface area contributed by atoms with Crippen molar-refractivity contribution >= 4 is 29.1 Å². The molecule has 0 radical (unpaired) electrons. The van der Waals surface area contributed by atoms with E-state index in [0.29, 0.717) is 34.3 Å². The SMILES string of the molecule is CCOc1ccc(C(O)=C2C(=O)C(=O)N(Cc3ccco3)[C@H]2c2ccc(C)cc2)cc1Cl. The molecule has 1 aromatic heterocycles. The summed E-state index contributed by atoms with van der Waals surface area (Å²) in [5.74, 6) is -0.747. The predicted molar refractivity (Wildman–Crippen MR) is 120 cm³/mol.